The molecule has 0 spiro atoms. The molecule has 76 valence electrons. The predicted octanol–water partition coefficient (Wildman–Crippen LogP) is 2.95. The van der Waals surface area contributed by atoms with Gasteiger partial charge in [-0.1, -0.05) is 20.8 Å². The van der Waals surface area contributed by atoms with Crippen molar-refractivity contribution < 1.29 is 9.53 Å². The van der Waals surface area contributed by atoms with Crippen LogP contribution in [0.25, 0.3) is 0 Å². The lowest BCUT2D eigenvalue weighted by Gasteiger charge is -2.07. The topological polar surface area (TPSA) is 38.7 Å². The standard InChI is InChI=1S/C9H17NO2S/c1-5-12-9(11)10-8(7(3)4)13-6-2/h7H,5-6H2,1-4H3. The second-order valence-electron chi connectivity index (χ2n) is 2.74. The van der Waals surface area contributed by atoms with Gasteiger partial charge >= 0.3 is 6.09 Å². The number of carbonyl (C=O) groups is 1. The van der Waals surface area contributed by atoms with Gasteiger partial charge in [-0.25, -0.2) is 4.79 Å². The minimum absolute atomic E-state index is 0.286. The number of thioether (sulfide) groups is 1. The van der Waals surface area contributed by atoms with E-state index >= 15 is 0 Å². The van der Waals surface area contributed by atoms with Crippen LogP contribution in [0, 0.1) is 5.92 Å². The monoisotopic (exact) mass is 203 g/mol. The summed E-state index contributed by atoms with van der Waals surface area (Å²) in [6.07, 6.45) is -0.479. The summed E-state index contributed by atoms with van der Waals surface area (Å²) >= 11 is 1.59. The van der Waals surface area contributed by atoms with Crippen LogP contribution in [0.1, 0.15) is 27.7 Å². The highest BCUT2D eigenvalue weighted by Crippen LogP contribution is 2.12. The smallest absolute Gasteiger partial charge is 0.434 e. The fraction of sp³-hybridized carbons (Fsp3) is 0.778. The summed E-state index contributed by atoms with van der Waals surface area (Å²) in [5.41, 5.74) is 0. The van der Waals surface area contributed by atoms with E-state index < -0.39 is 6.09 Å². The number of nitrogens with zero attached hydrogens (tertiary/aromatic N) is 1. The van der Waals surface area contributed by atoms with Crippen molar-refractivity contribution in [3.05, 3.63) is 0 Å². The lowest BCUT2D eigenvalue weighted by atomic mass is 10.2. The number of carbonyl (C=O) groups excluding carboxylic acids is 1. The van der Waals surface area contributed by atoms with Crippen molar-refractivity contribution in [2.24, 2.45) is 10.9 Å². The second-order valence-corrected chi connectivity index (χ2v) is 4.02. The molecule has 0 heterocycles. The average molecular weight is 203 g/mol. The zero-order chi connectivity index (χ0) is 10.3. The molecule has 3 nitrogen and oxygen atoms in total. The van der Waals surface area contributed by atoms with Gasteiger partial charge in [0.1, 0.15) is 0 Å². The van der Waals surface area contributed by atoms with Gasteiger partial charge in [-0.2, -0.15) is 4.99 Å². The van der Waals surface area contributed by atoms with E-state index in [1.807, 2.05) is 20.8 Å². The van der Waals surface area contributed by atoms with Crippen LogP contribution in [-0.2, 0) is 4.74 Å². The molecular formula is C9H17NO2S. The highest BCUT2D eigenvalue weighted by atomic mass is 32.2. The first-order valence-electron chi connectivity index (χ1n) is 4.49. The molecule has 0 aromatic rings. The Kier molecular flexibility index (Phi) is 6.68. The summed E-state index contributed by atoms with van der Waals surface area (Å²) in [7, 11) is 0. The van der Waals surface area contributed by atoms with Gasteiger partial charge in [0.15, 0.2) is 0 Å². The van der Waals surface area contributed by atoms with Gasteiger partial charge in [-0.15, -0.1) is 11.8 Å². The lowest BCUT2D eigenvalue weighted by Crippen LogP contribution is -2.08. The van der Waals surface area contributed by atoms with Crippen LogP contribution < -0.4 is 0 Å². The summed E-state index contributed by atoms with van der Waals surface area (Å²) in [5.74, 6) is 1.21. The maximum atomic E-state index is 11.0. The number of aliphatic imine (C=N–C) groups is 1. The van der Waals surface area contributed by atoms with Crippen molar-refractivity contribution in [1.82, 2.24) is 0 Å². The van der Waals surface area contributed by atoms with Crippen molar-refractivity contribution in [3.63, 3.8) is 0 Å². The molecule has 1 amide bonds. The quantitative estimate of drug-likeness (QED) is 0.523. The third-order valence-electron chi connectivity index (χ3n) is 1.26. The molecule has 0 saturated carbocycles. The highest BCUT2D eigenvalue weighted by Gasteiger charge is 2.08. The number of hydrogen-bond donors (Lipinski definition) is 0. The van der Waals surface area contributed by atoms with E-state index in [0.717, 1.165) is 10.8 Å². The molecule has 0 aromatic carbocycles. The Bertz CT molecular complexity index is 190. The first kappa shape index (κ1) is 12.5. The predicted molar refractivity (Wildman–Crippen MR) is 57.4 cm³/mol. The first-order valence-corrected chi connectivity index (χ1v) is 5.48. The van der Waals surface area contributed by atoms with Crippen molar-refractivity contribution >= 4 is 22.9 Å². The third-order valence-corrected chi connectivity index (χ3v) is 2.40. The molecule has 0 radical (unpaired) electrons. The molecule has 0 aliphatic rings. The number of hydrogen-bond acceptors (Lipinski definition) is 3. The highest BCUT2D eigenvalue weighted by molar-refractivity contribution is 8.13. The van der Waals surface area contributed by atoms with Gasteiger partial charge in [-0.3, -0.25) is 0 Å². The summed E-state index contributed by atoms with van der Waals surface area (Å²) in [6.45, 7) is 8.22. The summed E-state index contributed by atoms with van der Waals surface area (Å²) in [4.78, 5) is 14.9. The zero-order valence-corrected chi connectivity index (χ0v) is 9.48. The Labute approximate surface area is 84.0 Å². The van der Waals surface area contributed by atoms with E-state index in [4.69, 9.17) is 4.74 Å². The molecule has 0 N–H and O–H groups in total. The Balaban J connectivity index is 4.25. The molecule has 0 rings (SSSR count). The maximum absolute atomic E-state index is 11.0. The zero-order valence-electron chi connectivity index (χ0n) is 8.66. The fourth-order valence-corrected chi connectivity index (χ4v) is 1.49. The molecule has 0 aliphatic heterocycles. The van der Waals surface area contributed by atoms with E-state index in [-0.39, 0.29) is 5.92 Å². The van der Waals surface area contributed by atoms with Gasteiger partial charge in [0.2, 0.25) is 0 Å². The van der Waals surface area contributed by atoms with E-state index in [9.17, 15) is 4.79 Å². The maximum Gasteiger partial charge on any atom is 0.434 e. The number of ether oxygens (including phenoxy) is 1. The summed E-state index contributed by atoms with van der Waals surface area (Å²) in [5, 5.41) is 0.848. The molecule has 0 aromatic heterocycles. The molecule has 0 atom stereocenters. The third kappa shape index (κ3) is 5.69. The molecule has 0 bridgehead atoms. The Morgan fingerprint density at radius 2 is 2.08 bits per heavy atom. The Hall–Kier alpha value is -0.510. The molecular weight excluding hydrogens is 186 g/mol. The van der Waals surface area contributed by atoms with Crippen LogP contribution in [-0.4, -0.2) is 23.5 Å². The Morgan fingerprint density at radius 1 is 1.46 bits per heavy atom. The van der Waals surface area contributed by atoms with Crippen LogP contribution in [0.15, 0.2) is 4.99 Å². The average Bonchev–Trinajstić information content (AvgIpc) is 2.04. The summed E-state index contributed by atoms with van der Waals surface area (Å²) in [6, 6.07) is 0. The van der Waals surface area contributed by atoms with Gasteiger partial charge < -0.3 is 4.74 Å². The number of rotatable bonds is 3. The molecule has 0 unspecified atom stereocenters. The minimum Gasteiger partial charge on any atom is -0.448 e. The van der Waals surface area contributed by atoms with E-state index in [0.29, 0.717) is 6.61 Å². The van der Waals surface area contributed by atoms with Gasteiger partial charge in [0.25, 0.3) is 0 Å². The van der Waals surface area contributed by atoms with Crippen LogP contribution in [0.2, 0.25) is 0 Å². The minimum atomic E-state index is -0.479. The second kappa shape index (κ2) is 6.95. The van der Waals surface area contributed by atoms with Crippen LogP contribution >= 0.6 is 11.8 Å². The summed E-state index contributed by atoms with van der Waals surface area (Å²) < 4.78 is 4.73. The molecule has 0 saturated heterocycles. The van der Waals surface area contributed by atoms with Crippen molar-refractivity contribution in [1.29, 1.82) is 0 Å². The largest absolute Gasteiger partial charge is 0.448 e. The SMILES string of the molecule is CCOC(=O)N=C(SCC)C(C)C. The normalized spacial score (nSPS) is 11.9. The van der Waals surface area contributed by atoms with Crippen molar-refractivity contribution in [2.45, 2.75) is 27.7 Å². The molecule has 0 fully saturated rings. The van der Waals surface area contributed by atoms with Crippen LogP contribution in [0.3, 0.4) is 0 Å². The first-order chi connectivity index (χ1) is 6.11. The van der Waals surface area contributed by atoms with Gasteiger partial charge in [0.05, 0.1) is 11.7 Å². The van der Waals surface area contributed by atoms with Gasteiger partial charge in [-0.05, 0) is 12.7 Å². The lowest BCUT2D eigenvalue weighted by molar-refractivity contribution is 0.163. The van der Waals surface area contributed by atoms with Crippen molar-refractivity contribution in [2.75, 3.05) is 12.4 Å². The van der Waals surface area contributed by atoms with E-state index in [2.05, 4.69) is 4.99 Å². The van der Waals surface area contributed by atoms with Crippen LogP contribution in [0.5, 0.6) is 0 Å². The molecule has 4 heteroatoms. The van der Waals surface area contributed by atoms with E-state index in [1.54, 1.807) is 18.7 Å². The van der Waals surface area contributed by atoms with Crippen molar-refractivity contribution in [3.8, 4) is 0 Å². The Morgan fingerprint density at radius 3 is 2.46 bits per heavy atom. The van der Waals surface area contributed by atoms with Gasteiger partial charge in [0, 0.05) is 5.92 Å². The van der Waals surface area contributed by atoms with Crippen LogP contribution in [0.4, 0.5) is 4.79 Å². The number of amides is 1. The molecule has 0 aliphatic carbocycles. The molecule has 13 heavy (non-hydrogen) atoms. The van der Waals surface area contributed by atoms with E-state index in [1.165, 1.54) is 0 Å². The fourth-order valence-electron chi connectivity index (χ4n) is 0.722.